The van der Waals surface area contributed by atoms with Gasteiger partial charge in [-0.3, -0.25) is 0 Å². The Kier molecular flexibility index (Phi) is 11.2. The van der Waals surface area contributed by atoms with Crippen molar-refractivity contribution in [3.05, 3.63) is 64.7 Å². The van der Waals surface area contributed by atoms with Gasteiger partial charge in [0, 0.05) is 0 Å². The molecule has 0 aromatic heterocycles. The second-order valence-electron chi connectivity index (χ2n) is 7.03. The molecule has 0 nitrogen and oxygen atoms in total. The topological polar surface area (TPSA) is 0 Å². The molecule has 0 spiro atoms. The van der Waals surface area contributed by atoms with Crippen molar-refractivity contribution in [1.82, 2.24) is 0 Å². The van der Waals surface area contributed by atoms with Gasteiger partial charge in [-0.15, -0.1) is 5.19 Å². The van der Waals surface area contributed by atoms with Gasteiger partial charge in [-0.2, -0.15) is 22.3 Å². The summed E-state index contributed by atoms with van der Waals surface area (Å²) in [6.45, 7) is 14.2. The third-order valence-corrected chi connectivity index (χ3v) is 9.31. The average Bonchev–Trinajstić information content (AvgIpc) is 2.70. The molecule has 0 radical (unpaired) electrons. The number of benzene rings is 2. The van der Waals surface area contributed by atoms with Gasteiger partial charge < -0.3 is 37.2 Å². The molecule has 0 unspecified atom stereocenters. The average molecular weight is 460 g/mol. The minimum Gasteiger partial charge on any atom is -1.00 e. The minimum absolute atomic E-state index is 0. The molecule has 0 heterocycles. The van der Waals surface area contributed by atoms with E-state index < -0.39 is 8.07 Å². The quantitative estimate of drug-likeness (QED) is 0.268. The summed E-state index contributed by atoms with van der Waals surface area (Å²) < 4.78 is 0. The maximum Gasteiger partial charge on any atom is 4.00 e. The van der Waals surface area contributed by atoms with Crippen LogP contribution in [-0.4, -0.2) is 8.07 Å². The van der Waals surface area contributed by atoms with Crippen LogP contribution in [0.2, 0.25) is 13.1 Å². The van der Waals surface area contributed by atoms with Gasteiger partial charge in [-0.25, -0.2) is 0 Å². The third-order valence-electron chi connectivity index (χ3n) is 5.53. The summed E-state index contributed by atoms with van der Waals surface area (Å²) in [5.41, 5.74) is 5.99. The first kappa shape index (κ1) is 28.1. The van der Waals surface area contributed by atoms with Crippen LogP contribution in [0.25, 0.3) is 10.8 Å². The van der Waals surface area contributed by atoms with E-state index in [4.69, 9.17) is 0 Å². The van der Waals surface area contributed by atoms with E-state index in [1.165, 1.54) is 33.0 Å². The van der Waals surface area contributed by atoms with Crippen molar-refractivity contribution in [3.8, 4) is 0 Å². The summed E-state index contributed by atoms with van der Waals surface area (Å²) in [5.74, 6) is 0. The van der Waals surface area contributed by atoms with Crippen molar-refractivity contribution in [2.45, 2.75) is 40.8 Å². The second kappa shape index (κ2) is 10.4. The van der Waals surface area contributed by atoms with Gasteiger partial charge in [-0.05, 0) is 10.8 Å². The Balaban J connectivity index is 0. The molecule has 0 atom stereocenters. The van der Waals surface area contributed by atoms with Gasteiger partial charge in [0.2, 0.25) is 0 Å². The van der Waals surface area contributed by atoms with Crippen molar-refractivity contribution in [3.63, 3.8) is 0 Å². The fourth-order valence-electron chi connectivity index (χ4n) is 4.06. The van der Waals surface area contributed by atoms with Gasteiger partial charge in [0.1, 0.15) is 0 Å². The van der Waals surface area contributed by atoms with Crippen LogP contribution >= 0.6 is 0 Å². The minimum atomic E-state index is -1.72. The molecule has 0 saturated heterocycles. The molecule has 0 amide bonds. The van der Waals surface area contributed by atoms with Crippen LogP contribution in [0.3, 0.4) is 0 Å². The van der Waals surface area contributed by atoms with E-state index in [0.29, 0.717) is 0 Å². The molecule has 3 rings (SSSR count). The number of fused-ring (bicyclic) bond motifs is 1. The van der Waals surface area contributed by atoms with Crippen LogP contribution in [0.15, 0.2) is 42.5 Å². The molecule has 5 heteroatoms. The normalized spacial score (nSPS) is 10.2. The van der Waals surface area contributed by atoms with Crippen LogP contribution in [0.4, 0.5) is 0 Å². The van der Waals surface area contributed by atoms with Crippen molar-refractivity contribution in [1.29, 1.82) is 0 Å². The zero-order valence-corrected chi connectivity index (χ0v) is 21.0. The van der Waals surface area contributed by atoms with Crippen LogP contribution in [0.5, 0.6) is 0 Å². The van der Waals surface area contributed by atoms with Gasteiger partial charge in [-0.1, -0.05) is 88.4 Å². The number of rotatable bonds is 2. The Morgan fingerprint density at radius 2 is 1.15 bits per heavy atom. The number of hydrogen-bond acceptors (Lipinski definition) is 0. The Hall–Kier alpha value is -0.149. The molecule has 0 aliphatic carbocycles. The zero-order chi connectivity index (χ0) is 16.1. The predicted octanol–water partition coefficient (Wildman–Crippen LogP) is -4.38. The van der Waals surface area contributed by atoms with Gasteiger partial charge >= 0.3 is 21.7 Å². The number of hydrogen-bond donors (Lipinski definition) is 0. The van der Waals surface area contributed by atoms with E-state index in [1.54, 1.807) is 10.4 Å². The van der Waals surface area contributed by atoms with E-state index >= 15 is 0 Å². The molecule has 0 aliphatic heterocycles. The number of halogens is 3. The fraction of sp³-hybridized carbons (Fsp3) is 0.286. The summed E-state index contributed by atoms with van der Waals surface area (Å²) >= 11 is 0. The van der Waals surface area contributed by atoms with Crippen molar-refractivity contribution < 1.29 is 58.9 Å². The first-order chi connectivity index (χ1) is 10.4. The molecule has 0 bridgehead atoms. The summed E-state index contributed by atoms with van der Waals surface area (Å²) in [7, 11) is -1.72. The van der Waals surface area contributed by atoms with Crippen LogP contribution in [-0.2, 0) is 21.7 Å². The molecule has 26 heavy (non-hydrogen) atoms. The van der Waals surface area contributed by atoms with Gasteiger partial charge in [0.05, 0.1) is 8.07 Å². The van der Waals surface area contributed by atoms with Crippen molar-refractivity contribution in [2.75, 3.05) is 0 Å². The monoisotopic (exact) mass is 458 g/mol. The van der Waals surface area contributed by atoms with E-state index in [9.17, 15) is 0 Å². The molecule has 138 valence electrons. The maximum absolute atomic E-state index is 2.50. The molecule has 0 saturated carbocycles. The fourth-order valence-corrected chi connectivity index (χ4v) is 7.99. The largest absolute Gasteiger partial charge is 4.00 e. The van der Waals surface area contributed by atoms with Crippen LogP contribution in [0.1, 0.15) is 22.3 Å². The summed E-state index contributed by atoms with van der Waals surface area (Å²) in [5, 5.41) is 5.98. The van der Waals surface area contributed by atoms with Crippen LogP contribution < -0.4 is 47.6 Å². The summed E-state index contributed by atoms with van der Waals surface area (Å²) in [6, 6.07) is 15.6. The Morgan fingerprint density at radius 1 is 0.692 bits per heavy atom. The van der Waals surface area contributed by atoms with E-state index in [2.05, 4.69) is 83.3 Å². The third kappa shape index (κ3) is 4.46. The SMILES string of the molecule is Cc1c(C)c(C)[c-]([Si](C)(C)c2cccc3ccccc23)c1C.[Cl-].[Cl-].[Cl-].[Ti+4]. The molecule has 0 aliphatic rings. The molecule has 0 fully saturated rings. The van der Waals surface area contributed by atoms with E-state index in [0.717, 1.165) is 0 Å². The molecular formula is C21H25Cl3SiTi. The van der Waals surface area contributed by atoms with E-state index in [-0.39, 0.29) is 58.9 Å². The Labute approximate surface area is 192 Å². The summed E-state index contributed by atoms with van der Waals surface area (Å²) in [4.78, 5) is 0. The Morgan fingerprint density at radius 3 is 1.69 bits per heavy atom. The smallest absolute Gasteiger partial charge is 1.00 e. The maximum atomic E-state index is 2.50. The van der Waals surface area contributed by atoms with E-state index in [1.807, 2.05) is 0 Å². The van der Waals surface area contributed by atoms with Crippen molar-refractivity contribution in [2.24, 2.45) is 0 Å². The Bertz CT molecular complexity index is 838. The zero-order valence-electron chi connectivity index (χ0n) is 16.2. The summed E-state index contributed by atoms with van der Waals surface area (Å²) in [6.07, 6.45) is 0. The van der Waals surface area contributed by atoms with Gasteiger partial charge in [0.25, 0.3) is 0 Å². The molecule has 0 N–H and O–H groups in total. The predicted molar refractivity (Wildman–Crippen MR) is 102 cm³/mol. The van der Waals surface area contributed by atoms with Crippen molar-refractivity contribution >= 4 is 29.2 Å². The van der Waals surface area contributed by atoms with Crippen LogP contribution in [0, 0.1) is 27.7 Å². The molecule has 3 aromatic rings. The first-order valence-corrected chi connectivity index (χ1v) is 11.1. The second-order valence-corrected chi connectivity index (χ2v) is 11.3. The van der Waals surface area contributed by atoms with Gasteiger partial charge in [0.15, 0.2) is 0 Å². The molecule has 3 aromatic carbocycles. The molecular weight excluding hydrogens is 435 g/mol. The first-order valence-electron chi connectivity index (χ1n) is 8.07. The standard InChI is InChI=1S/C21H25Si.3ClH.Ti/c1-14-15(2)17(4)21(16(14)3)22(5,6)20-13-9-11-18-10-7-8-12-19(18)20;;;;/h7-13H,1-6H3;3*1H;/q-1;;;;+4/p-3.